The minimum absolute atomic E-state index is 0.0573. The maximum Gasteiger partial charge on any atom is 0.410 e. The fraction of sp³-hybridized carbons (Fsp3) is 0.750. The first-order chi connectivity index (χ1) is 11.2. The van der Waals surface area contributed by atoms with Crippen molar-refractivity contribution >= 4 is 12.0 Å². The fourth-order valence-corrected chi connectivity index (χ4v) is 3.01. The number of carbonyl (C=O) groups excluding carboxylic acids is 2. The zero-order valence-corrected chi connectivity index (χ0v) is 14.6. The Hall–Kier alpha value is -2.12. The van der Waals surface area contributed by atoms with E-state index in [4.69, 9.17) is 9.26 Å². The number of aromatic nitrogens is 2. The number of nitrogens with zero attached hydrogens (tertiary/aromatic N) is 4. The number of ether oxygens (including phenoxy) is 1. The zero-order chi connectivity index (χ0) is 17.5. The molecule has 0 bridgehead atoms. The van der Waals surface area contributed by atoms with Crippen LogP contribution >= 0.6 is 0 Å². The van der Waals surface area contributed by atoms with Gasteiger partial charge in [0.15, 0.2) is 5.82 Å². The van der Waals surface area contributed by atoms with Gasteiger partial charge >= 0.3 is 6.09 Å². The van der Waals surface area contributed by atoms with Gasteiger partial charge in [-0.25, -0.2) is 4.79 Å². The summed E-state index contributed by atoms with van der Waals surface area (Å²) in [6, 6.07) is -0.231. The molecule has 2 saturated heterocycles. The molecule has 1 aromatic rings. The average Bonchev–Trinajstić information content (AvgIpc) is 3.01. The lowest BCUT2D eigenvalue weighted by molar-refractivity contribution is -0.133. The molecule has 3 heterocycles. The summed E-state index contributed by atoms with van der Waals surface area (Å²) in [5.74, 6) is 1.23. The maximum atomic E-state index is 12.3. The highest BCUT2D eigenvalue weighted by molar-refractivity contribution is 5.74. The molecular weight excluding hydrogens is 312 g/mol. The molecule has 8 nitrogen and oxygen atoms in total. The minimum Gasteiger partial charge on any atom is -0.444 e. The predicted octanol–water partition coefficient (Wildman–Crippen LogP) is 2.09. The van der Waals surface area contributed by atoms with Crippen LogP contribution in [0.2, 0.25) is 0 Å². The molecule has 0 spiro atoms. The molecule has 0 N–H and O–H groups in total. The summed E-state index contributed by atoms with van der Waals surface area (Å²) >= 11 is 0. The van der Waals surface area contributed by atoms with Gasteiger partial charge in [-0.2, -0.15) is 4.98 Å². The Kier molecular flexibility index (Phi) is 4.23. The van der Waals surface area contributed by atoms with Crippen LogP contribution in [0.1, 0.15) is 64.2 Å². The van der Waals surface area contributed by atoms with Crippen LogP contribution in [0.4, 0.5) is 4.79 Å². The van der Waals surface area contributed by atoms with Gasteiger partial charge in [0.05, 0.1) is 5.92 Å². The third kappa shape index (κ3) is 3.37. The van der Waals surface area contributed by atoms with Crippen molar-refractivity contribution in [3.05, 3.63) is 11.7 Å². The van der Waals surface area contributed by atoms with Gasteiger partial charge < -0.3 is 14.2 Å². The van der Waals surface area contributed by atoms with Crippen LogP contribution in [-0.2, 0) is 9.53 Å². The second-order valence-corrected chi connectivity index (χ2v) is 7.44. The van der Waals surface area contributed by atoms with Crippen LogP contribution in [0.15, 0.2) is 4.52 Å². The first-order valence-electron chi connectivity index (χ1n) is 8.33. The third-order valence-electron chi connectivity index (χ3n) is 4.32. The number of carbonyl (C=O) groups is 2. The van der Waals surface area contributed by atoms with Crippen LogP contribution in [0, 0.1) is 0 Å². The monoisotopic (exact) mass is 336 g/mol. The lowest BCUT2D eigenvalue weighted by Gasteiger charge is -2.36. The Morgan fingerprint density at radius 2 is 2.00 bits per heavy atom. The van der Waals surface area contributed by atoms with Crippen LogP contribution in [-0.4, -0.2) is 57.2 Å². The van der Waals surface area contributed by atoms with Crippen LogP contribution < -0.4 is 0 Å². The lowest BCUT2D eigenvalue weighted by atomic mass is 9.99. The Morgan fingerprint density at radius 3 is 2.62 bits per heavy atom. The molecule has 1 unspecified atom stereocenters. The summed E-state index contributed by atoms with van der Waals surface area (Å²) in [6.45, 7) is 8.95. The average molecular weight is 336 g/mol. The zero-order valence-electron chi connectivity index (χ0n) is 14.6. The van der Waals surface area contributed by atoms with E-state index in [1.165, 1.54) is 0 Å². The van der Waals surface area contributed by atoms with E-state index in [0.29, 0.717) is 31.3 Å². The van der Waals surface area contributed by atoms with Gasteiger partial charge in [-0.05, 0) is 33.6 Å². The van der Waals surface area contributed by atoms with Crippen molar-refractivity contribution in [1.82, 2.24) is 19.9 Å². The van der Waals surface area contributed by atoms with Gasteiger partial charge in [0.2, 0.25) is 11.8 Å². The molecule has 0 saturated carbocycles. The maximum absolute atomic E-state index is 12.3. The summed E-state index contributed by atoms with van der Waals surface area (Å²) in [6.07, 6.45) is 1.31. The highest BCUT2D eigenvalue weighted by Crippen LogP contribution is 2.33. The number of rotatable bonds is 2. The van der Waals surface area contributed by atoms with E-state index in [9.17, 15) is 9.59 Å². The molecule has 132 valence electrons. The lowest BCUT2D eigenvalue weighted by Crippen LogP contribution is -2.47. The van der Waals surface area contributed by atoms with Crippen molar-refractivity contribution in [1.29, 1.82) is 0 Å². The Morgan fingerprint density at radius 1 is 1.29 bits per heavy atom. The van der Waals surface area contributed by atoms with Gasteiger partial charge in [-0.15, -0.1) is 0 Å². The molecule has 1 aromatic heterocycles. The van der Waals surface area contributed by atoms with Crippen LogP contribution in [0.3, 0.4) is 0 Å². The van der Waals surface area contributed by atoms with E-state index >= 15 is 0 Å². The van der Waals surface area contributed by atoms with Gasteiger partial charge in [0, 0.05) is 26.6 Å². The Balaban J connectivity index is 1.66. The molecule has 0 aromatic carbocycles. The van der Waals surface area contributed by atoms with Crippen LogP contribution in [0.5, 0.6) is 0 Å². The quantitative estimate of drug-likeness (QED) is 0.821. The number of hydrogen-bond acceptors (Lipinski definition) is 6. The normalized spacial score (nSPS) is 21.8. The SMILES string of the molecule is CC(=O)N1CC(c2noc(C3CCCN3C(=O)OC(C)(C)C)n2)C1. The van der Waals surface area contributed by atoms with Crippen molar-refractivity contribution in [3.63, 3.8) is 0 Å². The van der Waals surface area contributed by atoms with Gasteiger partial charge in [-0.3, -0.25) is 9.69 Å². The molecule has 2 fully saturated rings. The van der Waals surface area contributed by atoms with E-state index in [2.05, 4.69) is 10.1 Å². The smallest absolute Gasteiger partial charge is 0.410 e. The summed E-state index contributed by atoms with van der Waals surface area (Å²) in [7, 11) is 0. The number of amides is 2. The van der Waals surface area contributed by atoms with Crippen LogP contribution in [0.25, 0.3) is 0 Å². The summed E-state index contributed by atoms with van der Waals surface area (Å²) in [4.78, 5) is 31.5. The molecular formula is C16H24N4O4. The van der Waals surface area contributed by atoms with E-state index in [-0.39, 0.29) is 24.0 Å². The third-order valence-corrected chi connectivity index (χ3v) is 4.32. The Bertz CT molecular complexity index is 630. The van der Waals surface area contributed by atoms with Crippen molar-refractivity contribution in [2.45, 2.75) is 58.1 Å². The number of hydrogen-bond donors (Lipinski definition) is 0. The molecule has 2 amide bonds. The van der Waals surface area contributed by atoms with Crippen molar-refractivity contribution in [3.8, 4) is 0 Å². The second kappa shape index (κ2) is 6.07. The predicted molar refractivity (Wildman–Crippen MR) is 84.2 cm³/mol. The molecule has 3 rings (SSSR count). The fourth-order valence-electron chi connectivity index (χ4n) is 3.01. The first kappa shape index (κ1) is 16.7. The first-order valence-corrected chi connectivity index (χ1v) is 8.33. The Labute approximate surface area is 141 Å². The van der Waals surface area contributed by atoms with Crippen molar-refractivity contribution in [2.75, 3.05) is 19.6 Å². The van der Waals surface area contributed by atoms with Gasteiger partial charge in [0.25, 0.3) is 0 Å². The van der Waals surface area contributed by atoms with E-state index in [1.54, 1.807) is 16.7 Å². The molecule has 2 aliphatic rings. The second-order valence-electron chi connectivity index (χ2n) is 7.44. The molecule has 2 aliphatic heterocycles. The highest BCUT2D eigenvalue weighted by Gasteiger charge is 2.38. The summed E-state index contributed by atoms with van der Waals surface area (Å²) in [5.41, 5.74) is -0.535. The topological polar surface area (TPSA) is 88.8 Å². The minimum atomic E-state index is -0.535. The van der Waals surface area contributed by atoms with Crippen molar-refractivity contribution < 1.29 is 18.8 Å². The molecule has 0 radical (unpaired) electrons. The van der Waals surface area contributed by atoms with E-state index in [1.807, 2.05) is 20.8 Å². The molecule has 8 heteroatoms. The molecule has 24 heavy (non-hydrogen) atoms. The largest absolute Gasteiger partial charge is 0.444 e. The van der Waals surface area contributed by atoms with E-state index < -0.39 is 5.60 Å². The summed E-state index contributed by atoms with van der Waals surface area (Å²) < 4.78 is 10.9. The molecule has 1 atom stereocenters. The highest BCUT2D eigenvalue weighted by atomic mass is 16.6. The van der Waals surface area contributed by atoms with E-state index in [0.717, 1.165) is 12.8 Å². The standard InChI is InChI=1S/C16H24N4O4/c1-10(21)19-8-11(9-19)13-17-14(24-18-13)12-6-5-7-20(12)15(22)23-16(2,3)4/h11-12H,5-9H2,1-4H3. The van der Waals surface area contributed by atoms with Gasteiger partial charge in [-0.1, -0.05) is 5.16 Å². The van der Waals surface area contributed by atoms with Gasteiger partial charge in [0.1, 0.15) is 11.6 Å². The number of likely N-dealkylation sites (tertiary alicyclic amines) is 2. The molecule has 0 aliphatic carbocycles. The summed E-state index contributed by atoms with van der Waals surface area (Å²) in [5, 5.41) is 4.04. The van der Waals surface area contributed by atoms with Crippen molar-refractivity contribution in [2.24, 2.45) is 0 Å².